The molecule has 34 heavy (non-hydrogen) atoms. The van der Waals surface area contributed by atoms with Gasteiger partial charge in [0.2, 0.25) is 5.91 Å². The molecule has 2 aliphatic heterocycles. The van der Waals surface area contributed by atoms with E-state index in [0.717, 1.165) is 51.9 Å². The van der Waals surface area contributed by atoms with Crippen LogP contribution in [0.3, 0.4) is 0 Å². The molecule has 7 nitrogen and oxygen atoms in total. The van der Waals surface area contributed by atoms with Gasteiger partial charge < -0.3 is 19.4 Å². The Morgan fingerprint density at radius 2 is 1.88 bits per heavy atom. The molecule has 184 valence electrons. The Balaban J connectivity index is 1.26. The second-order valence-electron chi connectivity index (χ2n) is 9.57. The summed E-state index contributed by atoms with van der Waals surface area (Å²) in [7, 11) is 0. The third-order valence-corrected chi connectivity index (χ3v) is 6.82. The molecule has 0 spiro atoms. The van der Waals surface area contributed by atoms with E-state index >= 15 is 0 Å². The average Bonchev–Trinajstić information content (AvgIpc) is 3.47. The highest BCUT2D eigenvalue weighted by Gasteiger charge is 2.27. The van der Waals surface area contributed by atoms with Gasteiger partial charge in [-0.2, -0.15) is 0 Å². The molecule has 0 saturated carbocycles. The largest absolute Gasteiger partial charge is 0.466 e. The lowest BCUT2D eigenvalue weighted by atomic mass is 10.0. The number of nitrogens with zero attached hydrogens (tertiary/aromatic N) is 2. The van der Waals surface area contributed by atoms with Crippen LogP contribution in [0, 0.1) is 13.8 Å². The molecule has 1 N–H and O–H groups in total. The van der Waals surface area contributed by atoms with Crippen LogP contribution in [0.5, 0.6) is 0 Å². The number of rotatable bonds is 9. The first-order chi connectivity index (χ1) is 16.5. The number of ether oxygens (including phenoxy) is 1. The summed E-state index contributed by atoms with van der Waals surface area (Å²) in [5, 5.41) is 3.19. The number of piperidine rings is 1. The van der Waals surface area contributed by atoms with E-state index in [1.807, 2.05) is 13.0 Å². The molecule has 3 heterocycles. The second kappa shape index (κ2) is 11.7. The number of hydrogen-bond donors (Lipinski definition) is 1. The van der Waals surface area contributed by atoms with Crippen molar-refractivity contribution in [1.82, 2.24) is 15.1 Å². The van der Waals surface area contributed by atoms with Gasteiger partial charge in [-0.15, -0.1) is 0 Å². The zero-order valence-corrected chi connectivity index (χ0v) is 20.4. The Morgan fingerprint density at radius 3 is 2.53 bits per heavy atom. The first-order valence-corrected chi connectivity index (χ1v) is 12.5. The third kappa shape index (κ3) is 6.70. The number of nitrogens with one attached hydrogen (secondary N) is 1. The first kappa shape index (κ1) is 24.5. The van der Waals surface area contributed by atoms with E-state index in [4.69, 9.17) is 9.15 Å². The zero-order valence-electron chi connectivity index (χ0n) is 20.4. The van der Waals surface area contributed by atoms with E-state index in [1.54, 1.807) is 17.9 Å². The highest BCUT2D eigenvalue weighted by atomic mass is 16.5. The van der Waals surface area contributed by atoms with Crippen molar-refractivity contribution < 1.29 is 18.7 Å². The number of furan rings is 1. The lowest BCUT2D eigenvalue weighted by Gasteiger charge is -2.32. The van der Waals surface area contributed by atoms with E-state index in [9.17, 15) is 9.59 Å². The minimum atomic E-state index is -0.0909. The Morgan fingerprint density at radius 1 is 1.12 bits per heavy atom. The van der Waals surface area contributed by atoms with Crippen LogP contribution in [0.1, 0.15) is 59.5 Å². The van der Waals surface area contributed by atoms with Gasteiger partial charge in [-0.25, -0.2) is 0 Å². The van der Waals surface area contributed by atoms with Gasteiger partial charge in [-0.3, -0.25) is 14.5 Å². The molecule has 2 aromatic rings. The van der Waals surface area contributed by atoms with Crippen LogP contribution in [0.2, 0.25) is 0 Å². The highest BCUT2D eigenvalue weighted by molar-refractivity contribution is 5.95. The van der Waals surface area contributed by atoms with Crippen LogP contribution in [-0.4, -0.2) is 66.5 Å². The molecule has 1 unspecified atom stereocenters. The normalized spacial score (nSPS) is 19.3. The van der Waals surface area contributed by atoms with E-state index in [1.165, 1.54) is 5.56 Å². The van der Waals surface area contributed by atoms with E-state index in [-0.39, 0.29) is 24.0 Å². The molecular weight excluding hydrogens is 430 g/mol. The summed E-state index contributed by atoms with van der Waals surface area (Å²) in [5.74, 6) is 1.25. The van der Waals surface area contributed by atoms with Crippen LogP contribution in [0.15, 0.2) is 40.8 Å². The summed E-state index contributed by atoms with van der Waals surface area (Å²) in [6.45, 7) is 8.17. The van der Waals surface area contributed by atoms with Crippen LogP contribution in [0.25, 0.3) is 0 Å². The van der Waals surface area contributed by atoms with Crippen LogP contribution in [0.4, 0.5) is 0 Å². The van der Waals surface area contributed by atoms with Gasteiger partial charge in [-0.05, 0) is 51.2 Å². The summed E-state index contributed by atoms with van der Waals surface area (Å²) in [4.78, 5) is 30.2. The second-order valence-corrected chi connectivity index (χ2v) is 9.57. The number of hydrogen-bond acceptors (Lipinski definition) is 5. The quantitative estimate of drug-likeness (QED) is 0.609. The Kier molecular flexibility index (Phi) is 8.40. The van der Waals surface area contributed by atoms with Crippen molar-refractivity contribution in [3.8, 4) is 0 Å². The molecule has 2 fully saturated rings. The molecular formula is C27H37N3O4. The summed E-state index contributed by atoms with van der Waals surface area (Å²) in [6, 6.07) is 12.5. The molecule has 2 saturated heterocycles. The Hall–Kier alpha value is -2.64. The zero-order chi connectivity index (χ0) is 23.9. The molecule has 2 aliphatic rings. The van der Waals surface area contributed by atoms with Crippen molar-refractivity contribution >= 4 is 11.8 Å². The van der Waals surface area contributed by atoms with Crippen LogP contribution < -0.4 is 5.32 Å². The van der Waals surface area contributed by atoms with Gasteiger partial charge in [0.05, 0.1) is 11.7 Å². The Bertz CT molecular complexity index is 944. The van der Waals surface area contributed by atoms with Crippen molar-refractivity contribution in [3.63, 3.8) is 0 Å². The molecule has 0 aliphatic carbocycles. The summed E-state index contributed by atoms with van der Waals surface area (Å²) in [5.41, 5.74) is 1.89. The molecule has 7 heteroatoms. The predicted octanol–water partition coefficient (Wildman–Crippen LogP) is 3.69. The maximum atomic E-state index is 13.2. The number of carbonyl (C=O) groups excluding carboxylic acids is 2. The van der Waals surface area contributed by atoms with Gasteiger partial charge in [0, 0.05) is 51.8 Å². The van der Waals surface area contributed by atoms with Crippen molar-refractivity contribution in [3.05, 3.63) is 59.0 Å². The van der Waals surface area contributed by atoms with Crippen molar-refractivity contribution in [1.29, 1.82) is 0 Å². The molecule has 0 bridgehead atoms. The Labute approximate surface area is 202 Å². The van der Waals surface area contributed by atoms with E-state index in [2.05, 4.69) is 34.5 Å². The standard InChI is InChI=1S/C27H37N3O4/c1-20-17-25(21(2)34-20)27(32)30(19-24-9-6-16-33-24)15-12-26(31)28-23-10-13-29(14-11-23)18-22-7-4-3-5-8-22/h3-5,7-8,17,23-24H,6,9-16,18-19H2,1-2H3,(H,28,31). The molecule has 0 radical (unpaired) electrons. The average molecular weight is 468 g/mol. The fraction of sp³-hybridized carbons (Fsp3) is 0.556. The molecule has 1 atom stereocenters. The molecule has 1 aromatic carbocycles. The maximum absolute atomic E-state index is 13.2. The summed E-state index contributed by atoms with van der Waals surface area (Å²) >= 11 is 0. The van der Waals surface area contributed by atoms with Gasteiger partial charge in [0.25, 0.3) is 5.91 Å². The number of carbonyl (C=O) groups is 2. The van der Waals surface area contributed by atoms with E-state index in [0.29, 0.717) is 36.6 Å². The maximum Gasteiger partial charge on any atom is 0.257 e. The van der Waals surface area contributed by atoms with Gasteiger partial charge in [0.15, 0.2) is 0 Å². The molecule has 4 rings (SSSR count). The SMILES string of the molecule is Cc1cc(C(=O)N(CCC(=O)NC2CCN(Cc3ccccc3)CC2)CC2CCCO2)c(C)o1. The number of amides is 2. The number of aryl methyl sites for hydroxylation is 2. The van der Waals surface area contributed by atoms with Crippen molar-refractivity contribution in [2.75, 3.05) is 32.8 Å². The van der Waals surface area contributed by atoms with Crippen LogP contribution >= 0.6 is 0 Å². The van der Waals surface area contributed by atoms with Crippen molar-refractivity contribution in [2.24, 2.45) is 0 Å². The lowest BCUT2D eigenvalue weighted by molar-refractivity contribution is -0.122. The lowest BCUT2D eigenvalue weighted by Crippen LogP contribution is -2.45. The minimum Gasteiger partial charge on any atom is -0.466 e. The van der Waals surface area contributed by atoms with Crippen LogP contribution in [-0.2, 0) is 16.1 Å². The first-order valence-electron chi connectivity index (χ1n) is 12.5. The van der Waals surface area contributed by atoms with E-state index < -0.39 is 0 Å². The fourth-order valence-electron chi connectivity index (χ4n) is 4.94. The summed E-state index contributed by atoms with van der Waals surface area (Å²) < 4.78 is 11.3. The summed E-state index contributed by atoms with van der Waals surface area (Å²) in [6.07, 6.45) is 4.18. The minimum absolute atomic E-state index is 0.00625. The number of benzene rings is 1. The third-order valence-electron chi connectivity index (χ3n) is 6.82. The predicted molar refractivity (Wildman–Crippen MR) is 131 cm³/mol. The number of likely N-dealkylation sites (tertiary alicyclic amines) is 1. The fourth-order valence-corrected chi connectivity index (χ4v) is 4.94. The monoisotopic (exact) mass is 467 g/mol. The molecule has 2 amide bonds. The van der Waals surface area contributed by atoms with Gasteiger partial charge in [0.1, 0.15) is 11.5 Å². The van der Waals surface area contributed by atoms with Crippen molar-refractivity contribution in [2.45, 2.75) is 64.6 Å². The highest BCUT2D eigenvalue weighted by Crippen LogP contribution is 2.20. The van der Waals surface area contributed by atoms with Gasteiger partial charge in [-0.1, -0.05) is 30.3 Å². The van der Waals surface area contributed by atoms with Gasteiger partial charge >= 0.3 is 0 Å². The smallest absolute Gasteiger partial charge is 0.257 e. The topological polar surface area (TPSA) is 75.0 Å². The molecule has 1 aromatic heterocycles.